The molecule has 15 heavy (non-hydrogen) atoms. The van der Waals surface area contributed by atoms with Crippen LogP contribution in [0.25, 0.3) is 0 Å². The molecular weight excluding hydrogens is 198 g/mol. The molecule has 80 valence electrons. The largest absolute Gasteiger partial charge is 0.479 e. The average Bonchev–Trinajstić information content (AvgIpc) is 3.00. The van der Waals surface area contributed by atoms with E-state index >= 15 is 0 Å². The van der Waals surface area contributed by atoms with Crippen molar-refractivity contribution in [1.29, 1.82) is 0 Å². The number of hydrogen-bond donors (Lipinski definition) is 1. The fourth-order valence-electron chi connectivity index (χ4n) is 1.33. The van der Waals surface area contributed by atoms with Crippen molar-refractivity contribution in [1.82, 2.24) is 4.57 Å². The molecule has 1 aliphatic rings. The third-order valence-corrected chi connectivity index (χ3v) is 2.23. The minimum Gasteiger partial charge on any atom is -0.479 e. The Morgan fingerprint density at radius 3 is 2.93 bits per heavy atom. The molecule has 0 bridgehead atoms. The zero-order chi connectivity index (χ0) is 10.8. The summed E-state index contributed by atoms with van der Waals surface area (Å²) in [6.07, 6.45) is 5.47. The van der Waals surface area contributed by atoms with E-state index in [0.29, 0.717) is 6.04 Å². The van der Waals surface area contributed by atoms with Gasteiger partial charge in [-0.2, -0.15) is 0 Å². The number of carboxylic acid groups (broad SMARTS) is 1. The molecule has 1 aromatic heterocycles. The fourth-order valence-corrected chi connectivity index (χ4v) is 1.33. The van der Waals surface area contributed by atoms with Crippen molar-refractivity contribution in [2.24, 2.45) is 0 Å². The second-order valence-electron chi connectivity index (χ2n) is 3.53. The summed E-state index contributed by atoms with van der Waals surface area (Å²) in [5.74, 6) is -0.983. The molecule has 0 aromatic carbocycles. The molecule has 0 amide bonds. The van der Waals surface area contributed by atoms with Crippen LogP contribution in [0.3, 0.4) is 0 Å². The molecule has 1 heterocycles. The third kappa shape index (κ3) is 2.37. The number of aliphatic carboxylic acids is 1. The molecule has 1 saturated carbocycles. The van der Waals surface area contributed by atoms with Crippen LogP contribution in [0.5, 0.6) is 5.75 Å². The Labute approximate surface area is 85.9 Å². The fraction of sp³-hybridized carbons (Fsp3) is 0.400. The zero-order valence-corrected chi connectivity index (χ0v) is 8.05. The highest BCUT2D eigenvalue weighted by Gasteiger charge is 2.22. The first-order valence-corrected chi connectivity index (χ1v) is 4.73. The van der Waals surface area contributed by atoms with Crippen LogP contribution in [0.1, 0.15) is 18.9 Å². The zero-order valence-electron chi connectivity index (χ0n) is 8.05. The first kappa shape index (κ1) is 9.76. The van der Waals surface area contributed by atoms with E-state index in [-0.39, 0.29) is 11.2 Å². The second kappa shape index (κ2) is 3.76. The van der Waals surface area contributed by atoms with Crippen LogP contribution in [0.15, 0.2) is 23.3 Å². The van der Waals surface area contributed by atoms with Gasteiger partial charge in [-0.25, -0.2) is 4.79 Å². The first-order chi connectivity index (χ1) is 7.16. The van der Waals surface area contributed by atoms with Gasteiger partial charge in [-0.15, -0.1) is 0 Å². The van der Waals surface area contributed by atoms with Gasteiger partial charge in [0.1, 0.15) is 0 Å². The summed E-state index contributed by atoms with van der Waals surface area (Å²) in [5, 5.41) is 8.42. The van der Waals surface area contributed by atoms with E-state index in [1.807, 2.05) is 4.57 Å². The molecule has 0 saturated heterocycles. The van der Waals surface area contributed by atoms with Gasteiger partial charge in [0, 0.05) is 18.3 Å². The lowest BCUT2D eigenvalue weighted by atomic mass is 10.4. The molecule has 0 unspecified atom stereocenters. The Morgan fingerprint density at radius 2 is 2.33 bits per heavy atom. The summed E-state index contributed by atoms with van der Waals surface area (Å²) in [5.41, 5.74) is -0.284. The highest BCUT2D eigenvalue weighted by molar-refractivity contribution is 5.68. The molecule has 0 aliphatic heterocycles. The number of carboxylic acids is 1. The van der Waals surface area contributed by atoms with Gasteiger partial charge in [0.15, 0.2) is 12.4 Å². The minimum absolute atomic E-state index is 0.104. The first-order valence-electron chi connectivity index (χ1n) is 4.73. The Kier molecular flexibility index (Phi) is 2.45. The lowest BCUT2D eigenvalue weighted by Gasteiger charge is -2.07. The maximum absolute atomic E-state index is 11.3. The molecular formula is C10H11NO4. The molecule has 1 aliphatic carbocycles. The number of ether oxygens (including phenoxy) is 1. The van der Waals surface area contributed by atoms with Gasteiger partial charge in [0.05, 0.1) is 6.20 Å². The van der Waals surface area contributed by atoms with Crippen molar-refractivity contribution >= 4 is 5.97 Å². The van der Waals surface area contributed by atoms with Crippen molar-refractivity contribution in [3.63, 3.8) is 0 Å². The van der Waals surface area contributed by atoms with Crippen molar-refractivity contribution in [2.75, 3.05) is 6.61 Å². The molecule has 5 nitrogen and oxygen atoms in total. The van der Waals surface area contributed by atoms with Gasteiger partial charge in [0.25, 0.3) is 0 Å². The van der Waals surface area contributed by atoms with Gasteiger partial charge in [-0.05, 0) is 12.8 Å². The summed E-state index contributed by atoms with van der Waals surface area (Å²) in [4.78, 5) is 21.6. The van der Waals surface area contributed by atoms with Gasteiger partial charge in [-0.1, -0.05) is 0 Å². The van der Waals surface area contributed by atoms with Crippen molar-refractivity contribution in [3.8, 4) is 5.75 Å². The molecule has 1 fully saturated rings. The van der Waals surface area contributed by atoms with E-state index in [4.69, 9.17) is 9.84 Å². The Hall–Kier alpha value is -1.78. The monoisotopic (exact) mass is 209 g/mol. The lowest BCUT2D eigenvalue weighted by Crippen LogP contribution is -2.15. The summed E-state index contributed by atoms with van der Waals surface area (Å²) in [6, 6.07) is 1.84. The number of rotatable bonds is 4. The van der Waals surface area contributed by atoms with Crippen LogP contribution in [-0.2, 0) is 4.79 Å². The van der Waals surface area contributed by atoms with Gasteiger partial charge < -0.3 is 14.4 Å². The Balaban J connectivity index is 2.16. The minimum atomic E-state index is -1.09. The summed E-state index contributed by atoms with van der Waals surface area (Å²) in [7, 11) is 0. The Morgan fingerprint density at radius 1 is 1.60 bits per heavy atom. The van der Waals surface area contributed by atoms with Gasteiger partial charge >= 0.3 is 5.97 Å². The molecule has 1 N–H and O–H groups in total. The molecule has 0 spiro atoms. The lowest BCUT2D eigenvalue weighted by molar-refractivity contribution is -0.139. The van der Waals surface area contributed by atoms with E-state index in [1.165, 1.54) is 6.07 Å². The van der Waals surface area contributed by atoms with Crippen LogP contribution < -0.4 is 10.2 Å². The Bertz CT molecular complexity index is 433. The number of nitrogens with zero attached hydrogens (tertiary/aromatic N) is 1. The van der Waals surface area contributed by atoms with Crippen LogP contribution in [0, 0.1) is 0 Å². The highest BCUT2D eigenvalue weighted by Crippen LogP contribution is 2.34. The molecule has 1 aromatic rings. The predicted molar refractivity (Wildman–Crippen MR) is 52.1 cm³/mol. The van der Waals surface area contributed by atoms with Gasteiger partial charge in [0.2, 0.25) is 5.43 Å². The van der Waals surface area contributed by atoms with Gasteiger partial charge in [-0.3, -0.25) is 4.79 Å². The highest BCUT2D eigenvalue weighted by atomic mass is 16.5. The maximum Gasteiger partial charge on any atom is 0.341 e. The molecule has 0 radical (unpaired) electrons. The maximum atomic E-state index is 11.3. The topological polar surface area (TPSA) is 68.5 Å². The summed E-state index contributed by atoms with van der Waals surface area (Å²) >= 11 is 0. The van der Waals surface area contributed by atoms with Crippen LogP contribution in [0.2, 0.25) is 0 Å². The average molecular weight is 209 g/mol. The molecule has 2 rings (SSSR count). The van der Waals surface area contributed by atoms with E-state index in [9.17, 15) is 9.59 Å². The van der Waals surface area contributed by atoms with E-state index in [1.54, 1.807) is 12.4 Å². The smallest absolute Gasteiger partial charge is 0.341 e. The van der Waals surface area contributed by atoms with Crippen LogP contribution in [-0.4, -0.2) is 22.2 Å². The predicted octanol–water partition coefficient (Wildman–Crippen LogP) is 0.647. The standard InChI is InChI=1S/C10H11NO4/c12-8-3-4-11(7-1-2-7)5-9(8)15-6-10(13)14/h3-5,7H,1-2,6H2,(H,13,14). The molecule has 0 atom stereocenters. The molecule has 5 heteroatoms. The quantitative estimate of drug-likeness (QED) is 0.790. The van der Waals surface area contributed by atoms with Crippen LogP contribution >= 0.6 is 0 Å². The second-order valence-corrected chi connectivity index (χ2v) is 3.53. The SMILES string of the molecule is O=C(O)COc1cn(C2CC2)ccc1=O. The summed E-state index contributed by atoms with van der Waals surface area (Å²) in [6.45, 7) is -0.482. The van der Waals surface area contributed by atoms with Crippen molar-refractivity contribution in [3.05, 3.63) is 28.7 Å². The van der Waals surface area contributed by atoms with E-state index in [0.717, 1.165) is 12.8 Å². The number of hydrogen-bond acceptors (Lipinski definition) is 3. The number of aromatic nitrogens is 1. The van der Waals surface area contributed by atoms with E-state index < -0.39 is 12.6 Å². The number of pyridine rings is 1. The normalized spacial score (nSPS) is 14.9. The van der Waals surface area contributed by atoms with E-state index in [2.05, 4.69) is 0 Å². The van der Waals surface area contributed by atoms with Crippen molar-refractivity contribution < 1.29 is 14.6 Å². The number of carbonyl (C=O) groups is 1. The van der Waals surface area contributed by atoms with Crippen molar-refractivity contribution in [2.45, 2.75) is 18.9 Å². The third-order valence-electron chi connectivity index (χ3n) is 2.23. The summed E-state index contributed by atoms with van der Waals surface area (Å²) < 4.78 is 6.77. The van der Waals surface area contributed by atoms with Crippen LogP contribution in [0.4, 0.5) is 0 Å².